The van der Waals surface area contributed by atoms with Crippen LogP contribution in [-0.4, -0.2) is 10.1 Å². The van der Waals surface area contributed by atoms with E-state index in [-0.39, 0.29) is 11.5 Å². The van der Waals surface area contributed by atoms with E-state index < -0.39 is 11.6 Å². The van der Waals surface area contributed by atoms with E-state index in [0.29, 0.717) is 0 Å². The van der Waals surface area contributed by atoms with Gasteiger partial charge in [0.2, 0.25) is 0 Å². The van der Waals surface area contributed by atoms with Crippen LogP contribution in [0.1, 0.15) is 0 Å². The Morgan fingerprint density at radius 2 is 2.08 bits per heavy atom. The van der Waals surface area contributed by atoms with Crippen LogP contribution in [0.2, 0.25) is 0 Å². The number of benzene rings is 1. The molecular weight excluding hydrogens is 178 g/mol. The molecule has 0 bridgehead atoms. The van der Waals surface area contributed by atoms with E-state index in [1.54, 1.807) is 0 Å². The molecule has 66 valence electrons. The normalized spacial score (nSPS) is 10.3. The third-order valence-electron chi connectivity index (χ3n) is 1.52. The number of halogens is 2. The molecule has 0 unspecified atom stereocenters. The van der Waals surface area contributed by atoms with Crippen molar-refractivity contribution in [1.82, 2.24) is 10.1 Å². The Bertz CT molecular complexity index is 414. The maximum atomic E-state index is 13.0. The molecule has 0 saturated heterocycles. The predicted molar refractivity (Wildman–Crippen MR) is 39.7 cm³/mol. The van der Waals surface area contributed by atoms with E-state index >= 15 is 0 Å². The zero-order valence-electron chi connectivity index (χ0n) is 6.37. The standard InChI is InChI=1S/C8H4F2N2O/c9-5-1-2-6(7(10)3-5)8-11-4-12-13-8/h1-4H. The minimum atomic E-state index is -0.718. The van der Waals surface area contributed by atoms with Gasteiger partial charge >= 0.3 is 0 Å². The van der Waals surface area contributed by atoms with Gasteiger partial charge < -0.3 is 4.52 Å². The summed E-state index contributed by atoms with van der Waals surface area (Å²) in [5.41, 5.74) is 0.0962. The molecule has 0 aliphatic rings. The summed E-state index contributed by atoms with van der Waals surface area (Å²) < 4.78 is 30.1. The number of rotatable bonds is 1. The lowest BCUT2D eigenvalue weighted by atomic mass is 10.2. The van der Waals surface area contributed by atoms with Gasteiger partial charge in [-0.25, -0.2) is 8.78 Å². The summed E-state index contributed by atoms with van der Waals surface area (Å²) >= 11 is 0. The molecule has 0 N–H and O–H groups in total. The highest BCUT2D eigenvalue weighted by Gasteiger charge is 2.10. The van der Waals surface area contributed by atoms with Crippen LogP contribution in [0, 0.1) is 11.6 Å². The van der Waals surface area contributed by atoms with Crippen molar-refractivity contribution < 1.29 is 13.3 Å². The van der Waals surface area contributed by atoms with Crippen LogP contribution in [0.15, 0.2) is 29.0 Å². The second kappa shape index (κ2) is 2.93. The Hall–Kier alpha value is -1.78. The molecule has 5 heteroatoms. The molecule has 1 heterocycles. The molecule has 0 amide bonds. The second-order valence-corrected chi connectivity index (χ2v) is 2.37. The van der Waals surface area contributed by atoms with E-state index in [4.69, 9.17) is 0 Å². The van der Waals surface area contributed by atoms with Crippen LogP contribution in [0.5, 0.6) is 0 Å². The van der Waals surface area contributed by atoms with Gasteiger partial charge in [0.25, 0.3) is 5.89 Å². The molecule has 0 aliphatic heterocycles. The summed E-state index contributed by atoms with van der Waals surface area (Å²) in [6.45, 7) is 0. The van der Waals surface area contributed by atoms with Gasteiger partial charge in [0, 0.05) is 6.07 Å². The molecule has 0 radical (unpaired) electrons. The lowest BCUT2D eigenvalue weighted by Gasteiger charge is -1.95. The zero-order chi connectivity index (χ0) is 9.26. The third-order valence-corrected chi connectivity index (χ3v) is 1.52. The first-order valence-corrected chi connectivity index (χ1v) is 3.49. The average Bonchev–Trinajstić information content (AvgIpc) is 2.56. The van der Waals surface area contributed by atoms with Gasteiger partial charge in [-0.2, -0.15) is 4.98 Å². The molecule has 0 spiro atoms. The maximum absolute atomic E-state index is 13.0. The number of aromatic nitrogens is 2. The summed E-state index contributed by atoms with van der Waals surface area (Å²) in [4.78, 5) is 3.64. The van der Waals surface area contributed by atoms with E-state index in [9.17, 15) is 8.78 Å². The van der Waals surface area contributed by atoms with Crippen LogP contribution in [-0.2, 0) is 0 Å². The molecule has 0 aliphatic carbocycles. The number of nitrogens with zero attached hydrogens (tertiary/aromatic N) is 2. The zero-order valence-corrected chi connectivity index (χ0v) is 6.37. The Labute approximate surface area is 72.0 Å². The monoisotopic (exact) mass is 182 g/mol. The van der Waals surface area contributed by atoms with Crippen molar-refractivity contribution in [3.05, 3.63) is 36.2 Å². The minimum Gasteiger partial charge on any atom is -0.334 e. The van der Waals surface area contributed by atoms with Gasteiger partial charge in [-0.15, -0.1) is 0 Å². The molecular formula is C8H4F2N2O. The SMILES string of the molecule is Fc1ccc(-c2ncno2)c(F)c1. The van der Waals surface area contributed by atoms with Crippen molar-refractivity contribution in [3.8, 4) is 11.5 Å². The third kappa shape index (κ3) is 1.40. The Balaban J connectivity index is 2.53. The first kappa shape index (κ1) is 7.85. The topological polar surface area (TPSA) is 38.9 Å². The minimum absolute atomic E-state index is 0.0394. The predicted octanol–water partition coefficient (Wildman–Crippen LogP) is 2.01. The maximum Gasteiger partial charge on any atom is 0.260 e. The van der Waals surface area contributed by atoms with E-state index in [1.807, 2.05) is 0 Å². The molecule has 1 aromatic heterocycles. The van der Waals surface area contributed by atoms with Crippen molar-refractivity contribution in [1.29, 1.82) is 0 Å². The number of hydrogen-bond donors (Lipinski definition) is 0. The summed E-state index contributed by atoms with van der Waals surface area (Å²) in [6, 6.07) is 3.14. The van der Waals surface area contributed by atoms with Gasteiger partial charge in [-0.1, -0.05) is 5.16 Å². The largest absolute Gasteiger partial charge is 0.334 e. The van der Waals surface area contributed by atoms with Crippen molar-refractivity contribution in [3.63, 3.8) is 0 Å². The highest BCUT2D eigenvalue weighted by Crippen LogP contribution is 2.20. The van der Waals surface area contributed by atoms with Gasteiger partial charge in [0.1, 0.15) is 11.6 Å². The summed E-state index contributed by atoms with van der Waals surface area (Å²) in [7, 11) is 0. The summed E-state index contributed by atoms with van der Waals surface area (Å²) in [5.74, 6) is -1.32. The molecule has 0 fully saturated rings. The van der Waals surface area contributed by atoms with Crippen LogP contribution in [0.4, 0.5) is 8.78 Å². The van der Waals surface area contributed by atoms with Gasteiger partial charge in [0.15, 0.2) is 6.33 Å². The Morgan fingerprint density at radius 3 is 2.69 bits per heavy atom. The number of hydrogen-bond acceptors (Lipinski definition) is 3. The lowest BCUT2D eigenvalue weighted by Crippen LogP contribution is -1.85. The molecule has 2 rings (SSSR count). The Kier molecular flexibility index (Phi) is 1.77. The van der Waals surface area contributed by atoms with Crippen LogP contribution < -0.4 is 0 Å². The van der Waals surface area contributed by atoms with Crippen LogP contribution >= 0.6 is 0 Å². The van der Waals surface area contributed by atoms with Crippen molar-refractivity contribution >= 4 is 0 Å². The van der Waals surface area contributed by atoms with Crippen LogP contribution in [0.3, 0.4) is 0 Å². The fourth-order valence-electron chi connectivity index (χ4n) is 0.955. The van der Waals surface area contributed by atoms with E-state index in [0.717, 1.165) is 18.5 Å². The molecule has 13 heavy (non-hydrogen) atoms. The lowest BCUT2D eigenvalue weighted by molar-refractivity contribution is 0.427. The van der Waals surface area contributed by atoms with Crippen molar-refractivity contribution in [2.45, 2.75) is 0 Å². The molecule has 2 aromatic rings. The highest BCUT2D eigenvalue weighted by molar-refractivity contribution is 5.53. The highest BCUT2D eigenvalue weighted by atomic mass is 19.1. The van der Waals surface area contributed by atoms with Crippen molar-refractivity contribution in [2.24, 2.45) is 0 Å². The quantitative estimate of drug-likeness (QED) is 0.677. The average molecular weight is 182 g/mol. The van der Waals surface area contributed by atoms with E-state index in [1.165, 1.54) is 6.07 Å². The fourth-order valence-corrected chi connectivity index (χ4v) is 0.955. The summed E-state index contributed by atoms with van der Waals surface area (Å²) in [6.07, 6.45) is 1.15. The molecule has 1 aromatic carbocycles. The van der Waals surface area contributed by atoms with E-state index in [2.05, 4.69) is 14.7 Å². The van der Waals surface area contributed by atoms with Crippen LogP contribution in [0.25, 0.3) is 11.5 Å². The van der Waals surface area contributed by atoms with Gasteiger partial charge in [0.05, 0.1) is 5.56 Å². The first-order chi connectivity index (χ1) is 6.27. The smallest absolute Gasteiger partial charge is 0.260 e. The van der Waals surface area contributed by atoms with Gasteiger partial charge in [-0.05, 0) is 12.1 Å². The first-order valence-electron chi connectivity index (χ1n) is 3.49. The molecule has 0 saturated carbocycles. The van der Waals surface area contributed by atoms with Crippen molar-refractivity contribution in [2.75, 3.05) is 0 Å². The molecule has 3 nitrogen and oxygen atoms in total. The fraction of sp³-hybridized carbons (Fsp3) is 0. The van der Waals surface area contributed by atoms with Gasteiger partial charge in [-0.3, -0.25) is 0 Å². The second-order valence-electron chi connectivity index (χ2n) is 2.37. The molecule has 0 atom stereocenters. The Morgan fingerprint density at radius 1 is 1.23 bits per heavy atom. The summed E-state index contributed by atoms with van der Waals surface area (Å²) in [5, 5.41) is 3.32.